The number of nitrogens with one attached hydrogen (secondary N) is 2. The summed E-state index contributed by atoms with van der Waals surface area (Å²) in [7, 11) is 0. The summed E-state index contributed by atoms with van der Waals surface area (Å²) in [5.41, 5.74) is 4.52. The van der Waals surface area contributed by atoms with E-state index in [-0.39, 0.29) is 12.7 Å². The smallest absolute Gasteiger partial charge is 0.271 e. The number of hydrazone groups is 1. The third kappa shape index (κ3) is 4.59. The zero-order valence-corrected chi connectivity index (χ0v) is 16.3. The Hall–Kier alpha value is -3.84. The predicted octanol–water partition coefficient (Wildman–Crippen LogP) is 4.08. The normalized spacial score (nSPS) is 12.0. The molecule has 0 aromatic heterocycles. The number of anilines is 1. The minimum absolute atomic E-state index is 0.192. The molecule has 0 unspecified atom stereocenters. The molecule has 4 rings (SSSR count). The molecule has 3 aromatic rings. The first-order chi connectivity index (χ1) is 14.6. The van der Waals surface area contributed by atoms with E-state index in [0.717, 1.165) is 5.56 Å². The highest BCUT2D eigenvalue weighted by molar-refractivity contribution is 6.30. The van der Waals surface area contributed by atoms with Gasteiger partial charge in [-0.15, -0.1) is 0 Å². The van der Waals surface area contributed by atoms with Gasteiger partial charge in [0.15, 0.2) is 11.5 Å². The van der Waals surface area contributed by atoms with Crippen LogP contribution in [0.1, 0.15) is 26.3 Å². The average molecular weight is 422 g/mol. The van der Waals surface area contributed by atoms with Gasteiger partial charge in [0.05, 0.1) is 6.21 Å². The van der Waals surface area contributed by atoms with Gasteiger partial charge in [-0.05, 0) is 66.2 Å². The minimum atomic E-state index is -0.408. The highest BCUT2D eigenvalue weighted by Gasteiger charge is 2.13. The zero-order chi connectivity index (χ0) is 20.9. The summed E-state index contributed by atoms with van der Waals surface area (Å²) >= 11 is 5.84. The minimum Gasteiger partial charge on any atom is -0.454 e. The molecule has 0 radical (unpaired) electrons. The van der Waals surface area contributed by atoms with Gasteiger partial charge < -0.3 is 14.8 Å². The second-order valence-corrected chi connectivity index (χ2v) is 6.79. The van der Waals surface area contributed by atoms with Crippen molar-refractivity contribution in [2.45, 2.75) is 0 Å². The Bertz CT molecular complexity index is 1130. The number of carbonyl (C=O) groups excluding carboxylic acids is 2. The summed E-state index contributed by atoms with van der Waals surface area (Å²) in [5, 5.41) is 7.27. The fourth-order valence-electron chi connectivity index (χ4n) is 2.77. The number of rotatable bonds is 5. The Kier molecular flexibility index (Phi) is 5.63. The number of hydrogen-bond acceptors (Lipinski definition) is 5. The topological polar surface area (TPSA) is 89.0 Å². The lowest BCUT2D eigenvalue weighted by molar-refractivity contribution is 0.0953. The summed E-state index contributed by atoms with van der Waals surface area (Å²) in [6.07, 6.45) is 1.51. The molecule has 2 amide bonds. The van der Waals surface area contributed by atoms with Gasteiger partial charge in [0, 0.05) is 21.8 Å². The van der Waals surface area contributed by atoms with Crippen LogP contribution in [0.15, 0.2) is 71.8 Å². The van der Waals surface area contributed by atoms with Crippen molar-refractivity contribution < 1.29 is 19.1 Å². The van der Waals surface area contributed by atoms with Crippen LogP contribution >= 0.6 is 11.6 Å². The molecule has 0 bridgehead atoms. The molecule has 8 heteroatoms. The fraction of sp³-hybridized carbons (Fsp3) is 0.0455. The second kappa shape index (κ2) is 8.67. The largest absolute Gasteiger partial charge is 0.454 e. The van der Waals surface area contributed by atoms with E-state index >= 15 is 0 Å². The van der Waals surface area contributed by atoms with Crippen molar-refractivity contribution in [3.8, 4) is 11.5 Å². The fourth-order valence-corrected chi connectivity index (χ4v) is 2.89. The van der Waals surface area contributed by atoms with Crippen LogP contribution in [0, 0.1) is 0 Å². The Morgan fingerprint density at radius 3 is 2.53 bits per heavy atom. The molecular weight excluding hydrogens is 406 g/mol. The van der Waals surface area contributed by atoms with Crippen LogP contribution in [0.25, 0.3) is 0 Å². The van der Waals surface area contributed by atoms with E-state index in [1.165, 1.54) is 6.21 Å². The van der Waals surface area contributed by atoms with Crippen LogP contribution in [0.4, 0.5) is 5.69 Å². The van der Waals surface area contributed by atoms with Crippen LogP contribution < -0.4 is 20.2 Å². The van der Waals surface area contributed by atoms with Crippen molar-refractivity contribution >= 4 is 35.3 Å². The molecule has 0 atom stereocenters. The predicted molar refractivity (Wildman–Crippen MR) is 113 cm³/mol. The van der Waals surface area contributed by atoms with E-state index in [1.54, 1.807) is 66.7 Å². The third-order valence-corrected chi connectivity index (χ3v) is 4.52. The molecule has 1 aliphatic rings. The van der Waals surface area contributed by atoms with Gasteiger partial charge in [-0.2, -0.15) is 5.10 Å². The first kappa shape index (κ1) is 19.5. The van der Waals surface area contributed by atoms with Crippen LogP contribution in [0.3, 0.4) is 0 Å². The molecule has 0 fully saturated rings. The van der Waals surface area contributed by atoms with Gasteiger partial charge in [0.1, 0.15) is 0 Å². The lowest BCUT2D eigenvalue weighted by Gasteiger charge is -2.07. The molecule has 0 spiro atoms. The monoisotopic (exact) mass is 421 g/mol. The van der Waals surface area contributed by atoms with Gasteiger partial charge in [0.2, 0.25) is 6.79 Å². The van der Waals surface area contributed by atoms with Gasteiger partial charge in [-0.25, -0.2) is 5.43 Å². The lowest BCUT2D eigenvalue weighted by Crippen LogP contribution is -2.18. The van der Waals surface area contributed by atoms with Crippen LogP contribution in [0.2, 0.25) is 5.02 Å². The van der Waals surface area contributed by atoms with Crippen LogP contribution in [-0.2, 0) is 0 Å². The molecule has 0 saturated carbocycles. The number of ether oxygens (including phenoxy) is 2. The number of benzene rings is 3. The number of amides is 2. The van der Waals surface area contributed by atoms with Crippen molar-refractivity contribution in [3.05, 3.63) is 88.4 Å². The number of nitrogens with zero attached hydrogens (tertiary/aromatic N) is 1. The highest BCUT2D eigenvalue weighted by Crippen LogP contribution is 2.31. The summed E-state index contributed by atoms with van der Waals surface area (Å²) in [4.78, 5) is 24.7. The second-order valence-electron chi connectivity index (χ2n) is 6.35. The molecular formula is C22H16ClN3O4. The van der Waals surface area contributed by atoms with Crippen molar-refractivity contribution in [1.82, 2.24) is 5.43 Å². The number of carbonyl (C=O) groups is 2. The molecule has 2 N–H and O–H groups in total. The molecule has 3 aromatic carbocycles. The summed E-state index contributed by atoms with van der Waals surface area (Å²) in [6, 6.07) is 18.4. The Morgan fingerprint density at radius 1 is 0.900 bits per heavy atom. The van der Waals surface area contributed by atoms with Crippen molar-refractivity contribution in [2.24, 2.45) is 5.10 Å². The first-order valence-corrected chi connectivity index (χ1v) is 9.36. The van der Waals surface area contributed by atoms with Gasteiger partial charge >= 0.3 is 0 Å². The SMILES string of the molecule is O=C(NN=Cc1ccc2c(c1)OCO2)c1cccc(NC(=O)c2ccc(Cl)cc2)c1. The number of fused-ring (bicyclic) bond motifs is 1. The van der Waals surface area contributed by atoms with Gasteiger partial charge in [-0.1, -0.05) is 17.7 Å². The molecule has 7 nitrogen and oxygen atoms in total. The molecule has 0 saturated heterocycles. The van der Waals surface area contributed by atoms with E-state index in [9.17, 15) is 9.59 Å². The lowest BCUT2D eigenvalue weighted by atomic mass is 10.1. The molecule has 0 aliphatic carbocycles. The van der Waals surface area contributed by atoms with E-state index in [1.807, 2.05) is 0 Å². The molecule has 30 heavy (non-hydrogen) atoms. The summed E-state index contributed by atoms with van der Waals surface area (Å²) in [5.74, 6) is 0.600. The van der Waals surface area contributed by atoms with Gasteiger partial charge in [0.25, 0.3) is 11.8 Å². The maximum Gasteiger partial charge on any atom is 0.271 e. The third-order valence-electron chi connectivity index (χ3n) is 4.27. The maximum atomic E-state index is 12.4. The van der Waals surface area contributed by atoms with Crippen molar-refractivity contribution in [2.75, 3.05) is 12.1 Å². The first-order valence-electron chi connectivity index (χ1n) is 8.98. The Labute approximate surface area is 177 Å². The van der Waals surface area contributed by atoms with E-state index in [4.69, 9.17) is 21.1 Å². The zero-order valence-electron chi connectivity index (χ0n) is 15.6. The quantitative estimate of drug-likeness (QED) is 0.479. The summed E-state index contributed by atoms with van der Waals surface area (Å²) < 4.78 is 10.6. The average Bonchev–Trinajstić information content (AvgIpc) is 3.22. The highest BCUT2D eigenvalue weighted by atomic mass is 35.5. The van der Waals surface area contributed by atoms with Crippen LogP contribution in [-0.4, -0.2) is 24.8 Å². The van der Waals surface area contributed by atoms with Crippen LogP contribution in [0.5, 0.6) is 11.5 Å². The maximum absolute atomic E-state index is 12.4. The number of hydrogen-bond donors (Lipinski definition) is 2. The molecule has 150 valence electrons. The van der Waals surface area contributed by atoms with Gasteiger partial charge in [-0.3, -0.25) is 9.59 Å². The van der Waals surface area contributed by atoms with E-state index < -0.39 is 5.91 Å². The molecule has 1 aliphatic heterocycles. The van der Waals surface area contributed by atoms with E-state index in [2.05, 4.69) is 15.8 Å². The Balaban J connectivity index is 1.38. The molecule has 1 heterocycles. The standard InChI is InChI=1S/C22H16ClN3O4/c23-17-7-5-15(6-8-17)21(27)25-18-3-1-2-16(11-18)22(28)26-24-12-14-4-9-19-20(10-14)30-13-29-19/h1-12H,13H2,(H,25,27)(H,26,28). The Morgan fingerprint density at radius 2 is 1.70 bits per heavy atom. The van der Waals surface area contributed by atoms with E-state index in [0.29, 0.717) is 33.3 Å². The van der Waals surface area contributed by atoms with Crippen molar-refractivity contribution in [3.63, 3.8) is 0 Å². The van der Waals surface area contributed by atoms with Crippen molar-refractivity contribution in [1.29, 1.82) is 0 Å². The summed E-state index contributed by atoms with van der Waals surface area (Å²) in [6.45, 7) is 0.192. The number of halogens is 1.